The van der Waals surface area contributed by atoms with Crippen LogP contribution >= 0.6 is 15.9 Å². The van der Waals surface area contributed by atoms with Crippen LogP contribution in [0.15, 0.2) is 40.9 Å². The summed E-state index contributed by atoms with van der Waals surface area (Å²) in [6.07, 6.45) is 2.81. The Kier molecular flexibility index (Phi) is 8.85. The largest absolute Gasteiger partial charge is 0.493 e. The van der Waals surface area contributed by atoms with Crippen LogP contribution in [-0.4, -0.2) is 19.3 Å². The molecule has 1 atom stereocenters. The van der Waals surface area contributed by atoms with E-state index in [1.165, 1.54) is 5.56 Å². The highest BCUT2D eigenvalue weighted by Gasteiger charge is 2.19. The third-order valence-corrected chi connectivity index (χ3v) is 5.12. The van der Waals surface area contributed by atoms with Crippen molar-refractivity contribution in [1.82, 2.24) is 0 Å². The molecule has 2 aromatic carbocycles. The van der Waals surface area contributed by atoms with Gasteiger partial charge in [0.1, 0.15) is 5.75 Å². The first-order valence-corrected chi connectivity index (χ1v) is 10.8. The molecular formula is C24H30BrNO3. The highest BCUT2D eigenvalue weighted by atomic mass is 79.9. The second kappa shape index (κ2) is 11.1. The first kappa shape index (κ1) is 23.1. The molecule has 0 saturated carbocycles. The maximum atomic E-state index is 9.76. The summed E-state index contributed by atoms with van der Waals surface area (Å²) in [6.45, 7) is 7.98. The fourth-order valence-corrected chi connectivity index (χ4v) is 3.73. The van der Waals surface area contributed by atoms with Gasteiger partial charge in [-0.25, -0.2) is 0 Å². The summed E-state index contributed by atoms with van der Waals surface area (Å²) >= 11 is 3.59. The lowest BCUT2D eigenvalue weighted by Crippen LogP contribution is -2.08. The Morgan fingerprint density at radius 1 is 0.966 bits per heavy atom. The molecule has 0 bridgehead atoms. The van der Waals surface area contributed by atoms with E-state index in [9.17, 15) is 5.26 Å². The number of aryl methyl sites for hydroxylation is 1. The molecule has 0 radical (unpaired) electrons. The van der Waals surface area contributed by atoms with E-state index >= 15 is 0 Å². The fraction of sp³-hybridized carbons (Fsp3) is 0.458. The molecule has 156 valence electrons. The van der Waals surface area contributed by atoms with E-state index in [-0.39, 0.29) is 18.1 Å². The Hall–Kier alpha value is -2.19. The van der Waals surface area contributed by atoms with E-state index < -0.39 is 0 Å². The summed E-state index contributed by atoms with van der Waals surface area (Å²) in [5.74, 6) is 2.00. The van der Waals surface area contributed by atoms with E-state index in [4.69, 9.17) is 14.2 Å². The van der Waals surface area contributed by atoms with Crippen LogP contribution in [0.25, 0.3) is 0 Å². The van der Waals surface area contributed by atoms with Gasteiger partial charge >= 0.3 is 0 Å². The van der Waals surface area contributed by atoms with Gasteiger partial charge in [0.2, 0.25) is 0 Å². The Morgan fingerprint density at radius 2 is 1.62 bits per heavy atom. The standard InChI is InChI=1S/C24H30BrNO3/c1-16(2)28-20-11-9-18(10-12-20)7-6-8-19(15-26)21-13-24(29-17(3)4)23(27-5)14-22(21)25/h9-14,16-17,19H,6-8H2,1-5H3. The summed E-state index contributed by atoms with van der Waals surface area (Å²) in [6, 6.07) is 14.5. The maximum Gasteiger partial charge on any atom is 0.161 e. The van der Waals surface area contributed by atoms with Crippen LogP contribution in [0.4, 0.5) is 0 Å². The molecule has 0 aliphatic rings. The lowest BCUT2D eigenvalue weighted by atomic mass is 9.93. The lowest BCUT2D eigenvalue weighted by molar-refractivity contribution is 0.229. The lowest BCUT2D eigenvalue weighted by Gasteiger charge is -2.18. The highest BCUT2D eigenvalue weighted by Crippen LogP contribution is 2.38. The summed E-state index contributed by atoms with van der Waals surface area (Å²) in [5.41, 5.74) is 2.18. The van der Waals surface area contributed by atoms with Crippen LogP contribution in [0.2, 0.25) is 0 Å². The molecule has 29 heavy (non-hydrogen) atoms. The minimum absolute atomic E-state index is 0.0288. The second-order valence-corrected chi connectivity index (χ2v) is 8.43. The molecule has 0 amide bonds. The maximum absolute atomic E-state index is 9.76. The van der Waals surface area contributed by atoms with Crippen molar-refractivity contribution in [1.29, 1.82) is 5.26 Å². The number of halogens is 1. The van der Waals surface area contributed by atoms with E-state index in [1.807, 2.05) is 52.0 Å². The zero-order chi connectivity index (χ0) is 21.4. The second-order valence-electron chi connectivity index (χ2n) is 7.58. The minimum Gasteiger partial charge on any atom is -0.493 e. The number of rotatable bonds is 10. The molecule has 5 heteroatoms. The van der Waals surface area contributed by atoms with E-state index in [2.05, 4.69) is 34.1 Å². The van der Waals surface area contributed by atoms with Crippen LogP contribution in [0.1, 0.15) is 57.6 Å². The predicted molar refractivity (Wildman–Crippen MR) is 120 cm³/mol. The van der Waals surface area contributed by atoms with Gasteiger partial charge in [0, 0.05) is 4.47 Å². The molecule has 0 fully saturated rings. The van der Waals surface area contributed by atoms with Gasteiger partial charge in [-0.15, -0.1) is 0 Å². The Balaban J connectivity index is 2.05. The van der Waals surface area contributed by atoms with Crippen molar-refractivity contribution < 1.29 is 14.2 Å². The Bertz CT molecular complexity index is 825. The SMILES string of the molecule is COc1cc(Br)c(C(C#N)CCCc2ccc(OC(C)C)cc2)cc1OC(C)C. The van der Waals surface area contributed by atoms with Gasteiger partial charge in [-0.1, -0.05) is 28.1 Å². The summed E-state index contributed by atoms with van der Waals surface area (Å²) in [4.78, 5) is 0. The van der Waals surface area contributed by atoms with Gasteiger partial charge in [-0.3, -0.25) is 0 Å². The third-order valence-electron chi connectivity index (χ3n) is 4.43. The van der Waals surface area contributed by atoms with E-state index in [0.29, 0.717) is 11.5 Å². The fourth-order valence-electron chi connectivity index (χ4n) is 3.13. The zero-order valence-electron chi connectivity index (χ0n) is 17.9. The molecule has 0 aliphatic heterocycles. The van der Waals surface area contributed by atoms with Gasteiger partial charge in [0.25, 0.3) is 0 Å². The third kappa shape index (κ3) is 6.97. The topological polar surface area (TPSA) is 51.5 Å². The van der Waals surface area contributed by atoms with Gasteiger partial charge in [-0.05, 0) is 82.3 Å². The van der Waals surface area contributed by atoms with E-state index in [1.54, 1.807) is 7.11 Å². The molecule has 0 N–H and O–H groups in total. The Morgan fingerprint density at radius 3 is 2.17 bits per heavy atom. The molecule has 0 aliphatic carbocycles. The molecule has 0 saturated heterocycles. The summed E-state index contributed by atoms with van der Waals surface area (Å²) < 4.78 is 17.8. The summed E-state index contributed by atoms with van der Waals surface area (Å²) in [5, 5.41) is 9.76. The number of hydrogen-bond donors (Lipinski definition) is 0. The van der Waals surface area contributed by atoms with Crippen LogP contribution in [0.3, 0.4) is 0 Å². The smallest absolute Gasteiger partial charge is 0.161 e. The van der Waals surface area contributed by atoms with Crippen LogP contribution < -0.4 is 14.2 Å². The van der Waals surface area contributed by atoms with E-state index in [0.717, 1.165) is 35.0 Å². The average molecular weight is 460 g/mol. The van der Waals surface area contributed by atoms with Crippen LogP contribution in [-0.2, 0) is 6.42 Å². The van der Waals surface area contributed by atoms with Crippen LogP contribution in [0.5, 0.6) is 17.2 Å². The first-order chi connectivity index (χ1) is 13.8. The summed E-state index contributed by atoms with van der Waals surface area (Å²) in [7, 11) is 1.62. The molecule has 0 aromatic heterocycles. The Labute approximate surface area is 182 Å². The molecule has 2 rings (SSSR count). The number of nitriles is 1. The van der Waals surface area contributed by atoms with Crippen molar-refractivity contribution in [3.63, 3.8) is 0 Å². The van der Waals surface area contributed by atoms with Crippen LogP contribution in [0, 0.1) is 11.3 Å². The quantitative estimate of drug-likeness (QED) is 0.398. The molecule has 1 unspecified atom stereocenters. The highest BCUT2D eigenvalue weighted by molar-refractivity contribution is 9.10. The number of benzene rings is 2. The minimum atomic E-state index is -0.214. The molecule has 0 spiro atoms. The van der Waals surface area contributed by atoms with Crippen molar-refractivity contribution in [3.8, 4) is 23.3 Å². The first-order valence-electron chi connectivity index (χ1n) is 10.0. The number of nitrogens with zero attached hydrogens (tertiary/aromatic N) is 1. The van der Waals surface area contributed by atoms with Crippen molar-refractivity contribution in [2.75, 3.05) is 7.11 Å². The number of hydrogen-bond acceptors (Lipinski definition) is 4. The average Bonchev–Trinajstić information content (AvgIpc) is 2.67. The van der Waals surface area contributed by atoms with Gasteiger partial charge in [-0.2, -0.15) is 5.26 Å². The van der Waals surface area contributed by atoms with Crippen molar-refractivity contribution in [2.45, 2.75) is 65.1 Å². The number of ether oxygens (including phenoxy) is 3. The zero-order valence-corrected chi connectivity index (χ0v) is 19.5. The van der Waals surface area contributed by atoms with Crippen molar-refractivity contribution in [2.24, 2.45) is 0 Å². The predicted octanol–water partition coefficient (Wildman–Crippen LogP) is 6.66. The van der Waals surface area contributed by atoms with Gasteiger partial charge in [0.15, 0.2) is 11.5 Å². The normalized spacial score (nSPS) is 12.0. The monoisotopic (exact) mass is 459 g/mol. The molecule has 4 nitrogen and oxygen atoms in total. The molecule has 0 heterocycles. The van der Waals surface area contributed by atoms with Crippen molar-refractivity contribution in [3.05, 3.63) is 52.0 Å². The van der Waals surface area contributed by atoms with Crippen molar-refractivity contribution >= 4 is 15.9 Å². The molecule has 2 aromatic rings. The number of methoxy groups -OCH3 is 1. The van der Waals surface area contributed by atoms with Gasteiger partial charge < -0.3 is 14.2 Å². The molecular weight excluding hydrogens is 430 g/mol. The van der Waals surface area contributed by atoms with Gasteiger partial charge in [0.05, 0.1) is 31.3 Å².